The molecule has 0 radical (unpaired) electrons. The van der Waals surface area contributed by atoms with E-state index in [9.17, 15) is 0 Å². The first kappa shape index (κ1) is 57.9. The van der Waals surface area contributed by atoms with Crippen molar-refractivity contribution < 1.29 is 0 Å². The number of hydrogen-bond acceptors (Lipinski definition) is 4. The number of anilines is 3. The molecule has 0 unspecified atom stereocenters. The van der Waals surface area contributed by atoms with Gasteiger partial charge in [-0.2, -0.15) is 0 Å². The van der Waals surface area contributed by atoms with Crippen molar-refractivity contribution in [3.8, 4) is 68.3 Å². The molecule has 0 aliphatic rings. The fraction of sp³-hybridized carbons (Fsp3) is 0. The summed E-state index contributed by atoms with van der Waals surface area (Å²) in [6, 6.07) is 131. The lowest BCUT2D eigenvalue weighted by molar-refractivity contribution is 1.10. The van der Waals surface area contributed by atoms with Crippen molar-refractivity contribution in [3.05, 3.63) is 364 Å². The first-order valence-corrected chi connectivity index (χ1v) is 34.9. The molecule has 0 aliphatic carbocycles. The van der Waals surface area contributed by atoms with E-state index in [1.807, 2.05) is 0 Å². The Kier molecular flexibility index (Phi) is 13.1. The summed E-state index contributed by atoms with van der Waals surface area (Å²) < 4.78 is 14.1. The molecule has 6 aromatic heterocycles. The molecular formula is C93H60N10. The van der Waals surface area contributed by atoms with E-state index in [1.54, 1.807) is 0 Å². The van der Waals surface area contributed by atoms with E-state index in [0.29, 0.717) is 0 Å². The van der Waals surface area contributed by atoms with Crippen LogP contribution in [0.15, 0.2) is 364 Å². The van der Waals surface area contributed by atoms with Crippen LogP contribution in [0.3, 0.4) is 0 Å². The Hall–Kier alpha value is -14.1. The predicted molar refractivity (Wildman–Crippen MR) is 424 cm³/mol. The second-order valence-electron chi connectivity index (χ2n) is 26.4. The average Bonchev–Trinajstić information content (AvgIpc) is 1.61. The fourth-order valence-electron chi connectivity index (χ4n) is 16.1. The molecule has 21 rings (SSSR count). The van der Waals surface area contributed by atoms with Crippen LogP contribution in [-0.4, -0.2) is 42.4 Å². The zero-order chi connectivity index (χ0) is 67.6. The Labute approximate surface area is 591 Å². The minimum Gasteiger partial charge on any atom is -0.310 e. The lowest BCUT2D eigenvalue weighted by Gasteiger charge is -2.26. The van der Waals surface area contributed by atoms with Crippen LogP contribution >= 0.6 is 0 Å². The molecule has 0 spiro atoms. The van der Waals surface area contributed by atoms with Crippen molar-refractivity contribution >= 4 is 116 Å². The van der Waals surface area contributed by atoms with Gasteiger partial charge in [-0.1, -0.05) is 182 Å². The van der Waals surface area contributed by atoms with Gasteiger partial charge in [-0.15, -0.1) is 0 Å². The number of hydrogen-bond donors (Lipinski definition) is 0. The Morgan fingerprint density at radius 1 is 0.175 bits per heavy atom. The number of para-hydroxylation sites is 12. The van der Waals surface area contributed by atoms with Crippen LogP contribution in [0.1, 0.15) is 0 Å². The SMILES string of the molecule is c1ccc(-n2c(-c3cccc(-n4c5ccccc5c5cc(N(c6ccc7c(c6)c6ccccc6n7-c6cccc(-c7nc8ccccc8n7-c7ccccc7)c6)c6ccc7c(c6)c6ccccc6n7-c6cccc(-c7nc8ccccc8n7-c7ccccc7)c6)ccc54)c3)nc3ccccc32)cc1. The van der Waals surface area contributed by atoms with E-state index in [1.165, 1.54) is 0 Å². The fourth-order valence-corrected chi connectivity index (χ4v) is 16.1. The minimum atomic E-state index is 0.885. The van der Waals surface area contributed by atoms with Crippen molar-refractivity contribution in [3.63, 3.8) is 0 Å². The van der Waals surface area contributed by atoms with Crippen LogP contribution in [0.2, 0.25) is 0 Å². The molecule has 103 heavy (non-hydrogen) atoms. The summed E-state index contributed by atoms with van der Waals surface area (Å²) in [6.45, 7) is 0. The summed E-state index contributed by atoms with van der Waals surface area (Å²) in [6.07, 6.45) is 0. The highest BCUT2D eigenvalue weighted by Crippen LogP contribution is 2.46. The van der Waals surface area contributed by atoms with Crippen LogP contribution in [-0.2, 0) is 0 Å². The molecule has 0 amide bonds. The normalized spacial score (nSPS) is 11.9. The minimum absolute atomic E-state index is 0.885. The molecule has 0 aliphatic heterocycles. The molecule has 10 nitrogen and oxygen atoms in total. The summed E-state index contributed by atoms with van der Waals surface area (Å²) in [4.78, 5) is 18.4. The van der Waals surface area contributed by atoms with Gasteiger partial charge in [0, 0.05) is 100 Å². The Bertz CT molecular complexity index is 6280. The maximum Gasteiger partial charge on any atom is 0.145 e. The van der Waals surface area contributed by atoms with Crippen LogP contribution < -0.4 is 4.90 Å². The van der Waals surface area contributed by atoms with E-state index in [4.69, 9.17) is 15.0 Å². The summed E-state index contributed by atoms with van der Waals surface area (Å²) in [7, 11) is 0. The maximum atomic E-state index is 5.31. The standard InChI is InChI=1S/C93H60N10/c1-4-28-64(29-5-1)101-88-46-19-13-40-79(88)94-91(101)61-25-22-34-67(55-61)98-82-43-16-10-37-73(82)76-58-70(49-52-85(76)98)97(71-50-53-86-77(59-71)74-38-11-17-44-83(74)99(86)68-35-23-26-62(56-68)92-95-80-41-14-20-47-89(80)102(92)65-30-6-2-7-31-65)72-51-54-87-78(60-72)75-39-12-18-45-84(75)100(87)69-36-24-27-63(57-69)93-96-81-42-15-21-48-90(81)103(93)66-32-8-3-9-33-66/h1-60H. The maximum absolute atomic E-state index is 5.31. The summed E-state index contributed by atoms with van der Waals surface area (Å²) in [5.41, 5.74) is 25.1. The summed E-state index contributed by atoms with van der Waals surface area (Å²) in [5.74, 6) is 2.66. The van der Waals surface area contributed by atoms with Crippen molar-refractivity contribution in [2.45, 2.75) is 0 Å². The molecule has 482 valence electrons. The first-order valence-electron chi connectivity index (χ1n) is 34.9. The van der Waals surface area contributed by atoms with Gasteiger partial charge in [0.25, 0.3) is 0 Å². The molecular weight excluding hydrogens is 1260 g/mol. The smallest absolute Gasteiger partial charge is 0.145 e. The first-order chi connectivity index (χ1) is 51.1. The van der Waals surface area contributed by atoms with Crippen molar-refractivity contribution in [1.82, 2.24) is 42.4 Å². The van der Waals surface area contributed by atoms with Gasteiger partial charge in [0.1, 0.15) is 17.5 Å². The highest BCUT2D eigenvalue weighted by Gasteiger charge is 2.25. The van der Waals surface area contributed by atoms with Crippen LogP contribution in [0, 0.1) is 0 Å². The lowest BCUT2D eigenvalue weighted by atomic mass is 10.1. The molecule has 15 aromatic carbocycles. The predicted octanol–water partition coefficient (Wildman–Crippen LogP) is 23.5. The molecule has 10 heteroatoms. The third kappa shape index (κ3) is 9.25. The number of imidazole rings is 3. The largest absolute Gasteiger partial charge is 0.310 e. The van der Waals surface area contributed by atoms with Crippen LogP contribution in [0.25, 0.3) is 167 Å². The molecule has 0 N–H and O–H groups in total. The molecule has 0 bridgehead atoms. The zero-order valence-electron chi connectivity index (χ0n) is 55.6. The number of benzene rings is 15. The zero-order valence-corrected chi connectivity index (χ0v) is 55.6. The summed E-state index contributed by atoms with van der Waals surface area (Å²) in [5, 5.41) is 6.87. The van der Waals surface area contributed by atoms with Gasteiger partial charge in [-0.05, 0) is 182 Å². The second-order valence-corrected chi connectivity index (χ2v) is 26.4. The molecule has 0 saturated carbocycles. The van der Waals surface area contributed by atoms with Gasteiger partial charge in [-0.25, -0.2) is 15.0 Å². The van der Waals surface area contributed by atoms with Gasteiger partial charge < -0.3 is 18.6 Å². The third-order valence-corrected chi connectivity index (χ3v) is 20.6. The van der Waals surface area contributed by atoms with Gasteiger partial charge in [-0.3, -0.25) is 13.7 Å². The lowest BCUT2D eigenvalue weighted by Crippen LogP contribution is -2.10. The Morgan fingerprint density at radius 3 is 0.738 bits per heavy atom. The highest BCUT2D eigenvalue weighted by molar-refractivity contribution is 6.14. The molecule has 0 atom stereocenters. The third-order valence-electron chi connectivity index (χ3n) is 20.6. The molecule has 0 fully saturated rings. The average molecular weight is 1320 g/mol. The highest BCUT2D eigenvalue weighted by atomic mass is 15.2. The number of nitrogens with zero attached hydrogens (tertiary/aromatic N) is 10. The van der Waals surface area contributed by atoms with Crippen molar-refractivity contribution in [2.24, 2.45) is 0 Å². The van der Waals surface area contributed by atoms with Gasteiger partial charge in [0.15, 0.2) is 0 Å². The Morgan fingerprint density at radius 2 is 0.427 bits per heavy atom. The van der Waals surface area contributed by atoms with E-state index in [-0.39, 0.29) is 0 Å². The number of aromatic nitrogens is 9. The van der Waals surface area contributed by atoms with Gasteiger partial charge >= 0.3 is 0 Å². The number of fused-ring (bicyclic) bond motifs is 12. The van der Waals surface area contributed by atoms with Crippen molar-refractivity contribution in [1.29, 1.82) is 0 Å². The molecule has 6 heterocycles. The summed E-state index contributed by atoms with van der Waals surface area (Å²) >= 11 is 0. The van der Waals surface area contributed by atoms with E-state index in [0.717, 1.165) is 184 Å². The monoisotopic (exact) mass is 1320 g/mol. The second kappa shape index (κ2) is 23.3. The quantitative estimate of drug-likeness (QED) is 0.122. The van der Waals surface area contributed by atoms with Gasteiger partial charge in [0.05, 0.1) is 66.2 Å². The van der Waals surface area contributed by atoms with E-state index >= 15 is 0 Å². The molecule has 21 aromatic rings. The van der Waals surface area contributed by atoms with Crippen LogP contribution in [0.5, 0.6) is 0 Å². The van der Waals surface area contributed by atoms with Crippen LogP contribution in [0.4, 0.5) is 17.1 Å². The topological polar surface area (TPSA) is 71.5 Å². The van der Waals surface area contributed by atoms with E-state index in [2.05, 4.69) is 396 Å². The number of rotatable bonds is 12. The Balaban J connectivity index is 0.748. The van der Waals surface area contributed by atoms with E-state index < -0.39 is 0 Å². The molecule has 0 saturated heterocycles. The van der Waals surface area contributed by atoms with Crippen molar-refractivity contribution in [2.75, 3.05) is 4.90 Å². The van der Waals surface area contributed by atoms with Gasteiger partial charge in [0.2, 0.25) is 0 Å².